The molecule has 0 unspecified atom stereocenters. The van der Waals surface area contributed by atoms with Crippen LogP contribution in [0.5, 0.6) is 11.5 Å². The van der Waals surface area contributed by atoms with E-state index in [1.54, 1.807) is 14.2 Å². The van der Waals surface area contributed by atoms with Gasteiger partial charge in [-0.05, 0) is 67.4 Å². The van der Waals surface area contributed by atoms with Crippen molar-refractivity contribution in [2.24, 2.45) is 0 Å². The zero-order valence-corrected chi connectivity index (χ0v) is 17.0. The van der Waals surface area contributed by atoms with E-state index in [1.165, 1.54) is 11.1 Å². The second-order valence-corrected chi connectivity index (χ2v) is 6.91. The molecule has 4 aromatic rings. The molecule has 3 aromatic carbocycles. The van der Waals surface area contributed by atoms with E-state index in [0.29, 0.717) is 17.3 Å². The first-order valence-corrected chi connectivity index (χ1v) is 9.42. The Balaban J connectivity index is 1.83. The number of ether oxygens (including phenoxy) is 2. The van der Waals surface area contributed by atoms with Crippen LogP contribution >= 0.6 is 0 Å². The van der Waals surface area contributed by atoms with E-state index in [0.717, 1.165) is 28.0 Å². The summed E-state index contributed by atoms with van der Waals surface area (Å²) in [5, 5.41) is 4.44. The van der Waals surface area contributed by atoms with Crippen LogP contribution in [0.1, 0.15) is 11.1 Å². The van der Waals surface area contributed by atoms with Gasteiger partial charge < -0.3 is 14.8 Å². The third-order valence-electron chi connectivity index (χ3n) is 5.01. The lowest BCUT2D eigenvalue weighted by molar-refractivity contribution is 0.355. The van der Waals surface area contributed by atoms with Crippen LogP contribution < -0.4 is 14.8 Å². The smallest absolute Gasteiger partial charge is 0.162 e. The number of nitrogens with zero attached hydrogens (tertiary/aromatic N) is 2. The molecule has 0 amide bonds. The lowest BCUT2D eigenvalue weighted by Gasteiger charge is -2.13. The van der Waals surface area contributed by atoms with Crippen molar-refractivity contribution < 1.29 is 9.47 Å². The van der Waals surface area contributed by atoms with Crippen molar-refractivity contribution in [3.05, 3.63) is 71.8 Å². The van der Waals surface area contributed by atoms with E-state index < -0.39 is 0 Å². The van der Waals surface area contributed by atoms with Crippen LogP contribution in [0.15, 0.2) is 60.7 Å². The van der Waals surface area contributed by atoms with E-state index in [-0.39, 0.29) is 0 Å². The fourth-order valence-corrected chi connectivity index (χ4v) is 3.23. The number of aryl methyl sites for hydroxylation is 2. The summed E-state index contributed by atoms with van der Waals surface area (Å²) in [6, 6.07) is 20.0. The van der Waals surface area contributed by atoms with Gasteiger partial charge in [0.1, 0.15) is 5.82 Å². The van der Waals surface area contributed by atoms with Gasteiger partial charge in [0.05, 0.1) is 19.7 Å². The maximum Gasteiger partial charge on any atom is 0.162 e. The van der Waals surface area contributed by atoms with E-state index in [9.17, 15) is 0 Å². The Morgan fingerprint density at radius 3 is 2.31 bits per heavy atom. The van der Waals surface area contributed by atoms with Gasteiger partial charge in [-0.15, -0.1) is 0 Å². The normalized spacial score (nSPS) is 10.8. The summed E-state index contributed by atoms with van der Waals surface area (Å²) in [6.07, 6.45) is 0. The molecule has 1 N–H and O–H groups in total. The predicted octanol–water partition coefficient (Wildman–Crippen LogP) is 5.67. The molecular weight excluding hydrogens is 362 g/mol. The van der Waals surface area contributed by atoms with Gasteiger partial charge in [-0.2, -0.15) is 0 Å². The lowest BCUT2D eigenvalue weighted by Crippen LogP contribution is -2.00. The topological polar surface area (TPSA) is 56.3 Å². The summed E-state index contributed by atoms with van der Waals surface area (Å²) in [5.74, 6) is 2.70. The number of aromatic nitrogens is 2. The summed E-state index contributed by atoms with van der Waals surface area (Å²) in [4.78, 5) is 9.59. The minimum atomic E-state index is 0.621. The van der Waals surface area contributed by atoms with Gasteiger partial charge in [0.25, 0.3) is 0 Å². The van der Waals surface area contributed by atoms with E-state index in [4.69, 9.17) is 19.4 Å². The summed E-state index contributed by atoms with van der Waals surface area (Å²) < 4.78 is 10.8. The molecule has 0 fully saturated rings. The number of methoxy groups -OCH3 is 2. The molecule has 146 valence electrons. The Bertz CT molecular complexity index is 1190. The van der Waals surface area contributed by atoms with Crippen molar-refractivity contribution in [2.45, 2.75) is 13.8 Å². The maximum absolute atomic E-state index is 5.44. The Hall–Kier alpha value is -3.60. The van der Waals surface area contributed by atoms with Crippen molar-refractivity contribution in [3.63, 3.8) is 0 Å². The minimum absolute atomic E-state index is 0.621. The number of hydrogen-bond acceptors (Lipinski definition) is 5. The Kier molecular flexibility index (Phi) is 5.04. The molecule has 0 saturated carbocycles. The first-order valence-electron chi connectivity index (χ1n) is 9.42. The molecule has 0 aliphatic carbocycles. The third-order valence-corrected chi connectivity index (χ3v) is 5.01. The predicted molar refractivity (Wildman–Crippen MR) is 117 cm³/mol. The maximum atomic E-state index is 5.44. The van der Waals surface area contributed by atoms with Gasteiger partial charge in [-0.1, -0.05) is 18.2 Å². The molecule has 0 saturated heterocycles. The fraction of sp³-hybridized carbons (Fsp3) is 0.167. The van der Waals surface area contributed by atoms with Crippen LogP contribution in [-0.2, 0) is 0 Å². The van der Waals surface area contributed by atoms with Gasteiger partial charge in [-0.3, -0.25) is 0 Å². The van der Waals surface area contributed by atoms with Gasteiger partial charge in [0.15, 0.2) is 17.3 Å². The number of rotatable bonds is 5. The molecule has 29 heavy (non-hydrogen) atoms. The van der Waals surface area contributed by atoms with Crippen LogP contribution in [0.4, 0.5) is 11.5 Å². The van der Waals surface area contributed by atoms with E-state index in [1.807, 2.05) is 42.5 Å². The van der Waals surface area contributed by atoms with Crippen molar-refractivity contribution in [2.75, 3.05) is 19.5 Å². The number of hydrogen-bond donors (Lipinski definition) is 1. The largest absolute Gasteiger partial charge is 0.493 e. The van der Waals surface area contributed by atoms with E-state index >= 15 is 0 Å². The quantitative estimate of drug-likeness (QED) is 0.479. The second-order valence-electron chi connectivity index (χ2n) is 6.91. The molecular formula is C24H23N3O2. The van der Waals surface area contributed by atoms with Gasteiger partial charge in [0.2, 0.25) is 0 Å². The highest BCUT2D eigenvalue weighted by Gasteiger charge is 2.12. The number of para-hydroxylation sites is 1. The highest BCUT2D eigenvalue weighted by molar-refractivity contribution is 5.92. The summed E-state index contributed by atoms with van der Waals surface area (Å²) in [5.41, 5.74) is 5.22. The number of benzene rings is 3. The van der Waals surface area contributed by atoms with Crippen molar-refractivity contribution in [1.29, 1.82) is 0 Å². The van der Waals surface area contributed by atoms with Gasteiger partial charge in [-0.25, -0.2) is 9.97 Å². The molecule has 0 aliphatic rings. The van der Waals surface area contributed by atoms with Crippen molar-refractivity contribution in [3.8, 4) is 22.9 Å². The molecule has 4 rings (SSSR count). The fourth-order valence-electron chi connectivity index (χ4n) is 3.23. The van der Waals surface area contributed by atoms with E-state index in [2.05, 4.69) is 37.4 Å². The summed E-state index contributed by atoms with van der Waals surface area (Å²) in [7, 11) is 3.24. The molecule has 0 atom stereocenters. The zero-order chi connectivity index (χ0) is 20.4. The van der Waals surface area contributed by atoms with Gasteiger partial charge in [0, 0.05) is 16.6 Å². The Labute approximate surface area is 170 Å². The number of anilines is 2. The van der Waals surface area contributed by atoms with Crippen LogP contribution in [0.25, 0.3) is 22.3 Å². The van der Waals surface area contributed by atoms with Crippen LogP contribution in [0.3, 0.4) is 0 Å². The van der Waals surface area contributed by atoms with Gasteiger partial charge >= 0.3 is 0 Å². The molecule has 0 spiro atoms. The Morgan fingerprint density at radius 1 is 0.759 bits per heavy atom. The molecule has 0 bridgehead atoms. The minimum Gasteiger partial charge on any atom is -0.493 e. The average Bonchev–Trinajstić information content (AvgIpc) is 2.75. The van der Waals surface area contributed by atoms with Crippen LogP contribution in [-0.4, -0.2) is 24.2 Å². The van der Waals surface area contributed by atoms with Crippen molar-refractivity contribution in [1.82, 2.24) is 9.97 Å². The molecule has 5 nitrogen and oxygen atoms in total. The monoisotopic (exact) mass is 385 g/mol. The number of fused-ring (bicyclic) bond motifs is 1. The first-order chi connectivity index (χ1) is 14.1. The zero-order valence-electron chi connectivity index (χ0n) is 17.0. The summed E-state index contributed by atoms with van der Waals surface area (Å²) in [6.45, 7) is 4.21. The molecule has 1 aromatic heterocycles. The molecule has 0 radical (unpaired) electrons. The highest BCUT2D eigenvalue weighted by Crippen LogP contribution is 2.33. The molecule has 1 heterocycles. The second kappa shape index (κ2) is 7.80. The van der Waals surface area contributed by atoms with Crippen LogP contribution in [0, 0.1) is 13.8 Å². The summed E-state index contributed by atoms with van der Waals surface area (Å²) >= 11 is 0. The first kappa shape index (κ1) is 18.7. The van der Waals surface area contributed by atoms with Crippen molar-refractivity contribution >= 4 is 22.4 Å². The average molecular weight is 385 g/mol. The number of nitrogens with one attached hydrogen (secondary N) is 1. The third kappa shape index (κ3) is 3.72. The lowest BCUT2D eigenvalue weighted by atomic mass is 10.1. The molecule has 5 heteroatoms. The molecule has 0 aliphatic heterocycles. The standard InChI is InChI=1S/C24H23N3O2/c1-15-9-11-18(13-16(15)2)25-24-19-7-5-6-8-20(19)26-23(27-24)17-10-12-21(28-3)22(14-17)29-4/h5-14H,1-4H3,(H,25,26,27). The highest BCUT2D eigenvalue weighted by atomic mass is 16.5. The van der Waals surface area contributed by atoms with Crippen LogP contribution in [0.2, 0.25) is 0 Å². The Morgan fingerprint density at radius 2 is 1.55 bits per heavy atom. The SMILES string of the molecule is COc1ccc(-c2nc(Nc3ccc(C)c(C)c3)c3ccccc3n2)cc1OC.